The second kappa shape index (κ2) is 11.1. The lowest BCUT2D eigenvalue weighted by Crippen LogP contribution is -2.16. The van der Waals surface area contributed by atoms with E-state index >= 15 is 0 Å². The predicted octanol–water partition coefficient (Wildman–Crippen LogP) is 8.66. The Morgan fingerprint density at radius 2 is 1.41 bits per heavy atom. The standard InChI is InChI=1S/C28H35F3O/c1-18-6-11-22(12-7-18)24-15-16-25(28(31)27(24)30)23-13-9-21(10-14-23)8-5-19(2)17-26(29)20(3)32-4/h5,8,15-18,21-23H,2-3,6-7,9-14H2,1,4H3/b8-5+,26-17+. The summed E-state index contributed by atoms with van der Waals surface area (Å²) < 4.78 is 48.4. The number of hydrogen-bond donors (Lipinski definition) is 0. The smallest absolute Gasteiger partial charge is 0.164 e. The van der Waals surface area contributed by atoms with Crippen LogP contribution >= 0.6 is 0 Å². The van der Waals surface area contributed by atoms with Crippen LogP contribution in [-0.2, 0) is 4.74 Å². The highest BCUT2D eigenvalue weighted by atomic mass is 19.2. The zero-order chi connectivity index (χ0) is 23.3. The van der Waals surface area contributed by atoms with E-state index in [4.69, 9.17) is 4.74 Å². The molecule has 1 nitrogen and oxygen atoms in total. The van der Waals surface area contributed by atoms with Gasteiger partial charge in [0.2, 0.25) is 0 Å². The molecule has 4 heteroatoms. The third-order valence-corrected chi connectivity index (χ3v) is 7.22. The van der Waals surface area contributed by atoms with Crippen LogP contribution in [0.5, 0.6) is 0 Å². The summed E-state index contributed by atoms with van der Waals surface area (Å²) >= 11 is 0. The van der Waals surface area contributed by atoms with E-state index < -0.39 is 17.5 Å². The van der Waals surface area contributed by atoms with Crippen molar-refractivity contribution >= 4 is 0 Å². The van der Waals surface area contributed by atoms with Crippen LogP contribution in [0.15, 0.2) is 60.7 Å². The van der Waals surface area contributed by atoms with Crippen LogP contribution in [-0.4, -0.2) is 7.11 Å². The van der Waals surface area contributed by atoms with E-state index in [0.717, 1.165) is 51.4 Å². The van der Waals surface area contributed by atoms with Gasteiger partial charge in [0, 0.05) is 0 Å². The number of ether oxygens (including phenoxy) is 1. The Balaban J connectivity index is 1.58. The minimum Gasteiger partial charge on any atom is -0.494 e. The van der Waals surface area contributed by atoms with Gasteiger partial charge in [0.15, 0.2) is 17.5 Å². The maximum Gasteiger partial charge on any atom is 0.164 e. The molecule has 0 saturated heterocycles. The minimum atomic E-state index is -0.646. The Morgan fingerprint density at radius 1 is 0.906 bits per heavy atom. The van der Waals surface area contributed by atoms with Crippen LogP contribution in [0.3, 0.4) is 0 Å². The summed E-state index contributed by atoms with van der Waals surface area (Å²) in [6.45, 7) is 9.54. The van der Waals surface area contributed by atoms with E-state index in [1.165, 1.54) is 13.2 Å². The van der Waals surface area contributed by atoms with Crippen molar-refractivity contribution in [1.29, 1.82) is 0 Å². The molecule has 2 aliphatic rings. The fraction of sp³-hybridized carbons (Fsp3) is 0.500. The van der Waals surface area contributed by atoms with Gasteiger partial charge in [0.25, 0.3) is 0 Å². The fourth-order valence-corrected chi connectivity index (χ4v) is 5.05. The number of benzene rings is 1. The van der Waals surface area contributed by atoms with Gasteiger partial charge >= 0.3 is 0 Å². The summed E-state index contributed by atoms with van der Waals surface area (Å²) in [5, 5.41) is 0. The molecule has 0 radical (unpaired) electrons. The Hall–Kier alpha value is -2.23. The van der Waals surface area contributed by atoms with Gasteiger partial charge in [-0.15, -0.1) is 0 Å². The van der Waals surface area contributed by atoms with E-state index in [1.54, 1.807) is 6.08 Å². The van der Waals surface area contributed by atoms with Gasteiger partial charge in [0.05, 0.1) is 7.11 Å². The van der Waals surface area contributed by atoms with E-state index in [1.807, 2.05) is 18.2 Å². The highest BCUT2D eigenvalue weighted by Crippen LogP contribution is 2.41. The molecule has 2 aliphatic carbocycles. The van der Waals surface area contributed by atoms with Gasteiger partial charge in [-0.2, -0.15) is 0 Å². The molecule has 0 aliphatic heterocycles. The van der Waals surface area contributed by atoms with Crippen molar-refractivity contribution in [3.05, 3.63) is 83.4 Å². The molecule has 174 valence electrons. The largest absolute Gasteiger partial charge is 0.494 e. The summed E-state index contributed by atoms with van der Waals surface area (Å²) in [7, 11) is 1.37. The minimum absolute atomic E-state index is 0.0293. The molecule has 0 heterocycles. The molecule has 1 aromatic carbocycles. The van der Waals surface area contributed by atoms with Gasteiger partial charge in [-0.25, -0.2) is 13.2 Å². The van der Waals surface area contributed by atoms with Crippen molar-refractivity contribution in [3.8, 4) is 0 Å². The van der Waals surface area contributed by atoms with Gasteiger partial charge in [-0.3, -0.25) is 0 Å². The van der Waals surface area contributed by atoms with Gasteiger partial charge in [0.1, 0.15) is 5.76 Å². The lowest BCUT2D eigenvalue weighted by atomic mass is 9.76. The molecule has 2 saturated carbocycles. The lowest BCUT2D eigenvalue weighted by Gasteiger charge is -2.29. The number of hydrogen-bond acceptors (Lipinski definition) is 1. The number of methoxy groups -OCH3 is 1. The summed E-state index contributed by atoms with van der Waals surface area (Å²) in [5.74, 6) is -0.669. The van der Waals surface area contributed by atoms with Crippen molar-refractivity contribution in [2.24, 2.45) is 11.8 Å². The molecule has 0 amide bonds. The molecule has 0 aromatic heterocycles. The molecule has 2 fully saturated rings. The van der Waals surface area contributed by atoms with E-state index in [9.17, 15) is 13.2 Å². The number of rotatable bonds is 7. The SMILES string of the molecule is C=C(/C=C/C1CCC(c2ccc(C3CCC(C)CC3)c(F)c2F)CC1)/C=C(/F)C(=C)OC. The predicted molar refractivity (Wildman–Crippen MR) is 125 cm³/mol. The second-order valence-electron chi connectivity index (χ2n) is 9.49. The topological polar surface area (TPSA) is 9.23 Å². The summed E-state index contributed by atoms with van der Waals surface area (Å²) in [5.41, 5.74) is 1.61. The fourth-order valence-electron chi connectivity index (χ4n) is 5.05. The number of halogens is 3. The molecule has 0 atom stereocenters. The normalized spacial score (nSPS) is 26.8. The number of allylic oxidation sites excluding steroid dienone is 5. The molecule has 0 spiro atoms. The van der Waals surface area contributed by atoms with Crippen LogP contribution in [0.1, 0.15) is 81.3 Å². The third kappa shape index (κ3) is 5.96. The Kier molecular flexibility index (Phi) is 8.44. The van der Waals surface area contributed by atoms with Gasteiger partial charge < -0.3 is 4.74 Å². The van der Waals surface area contributed by atoms with E-state index in [0.29, 0.717) is 28.5 Å². The Morgan fingerprint density at radius 3 is 1.91 bits per heavy atom. The zero-order valence-electron chi connectivity index (χ0n) is 19.3. The third-order valence-electron chi connectivity index (χ3n) is 7.22. The highest BCUT2D eigenvalue weighted by Gasteiger charge is 2.28. The lowest BCUT2D eigenvalue weighted by molar-refractivity contribution is 0.285. The van der Waals surface area contributed by atoms with Crippen LogP contribution in [0.25, 0.3) is 0 Å². The maximum atomic E-state index is 15.0. The maximum absolute atomic E-state index is 15.0. The van der Waals surface area contributed by atoms with Crippen molar-refractivity contribution < 1.29 is 17.9 Å². The zero-order valence-corrected chi connectivity index (χ0v) is 19.3. The van der Waals surface area contributed by atoms with Crippen molar-refractivity contribution in [1.82, 2.24) is 0 Å². The first-order valence-electron chi connectivity index (χ1n) is 11.8. The van der Waals surface area contributed by atoms with Gasteiger partial charge in [-0.05, 0) is 85.0 Å². The molecule has 0 bridgehead atoms. The average Bonchev–Trinajstić information content (AvgIpc) is 2.80. The van der Waals surface area contributed by atoms with Crippen molar-refractivity contribution in [2.45, 2.75) is 70.1 Å². The molecule has 0 unspecified atom stereocenters. The molecule has 32 heavy (non-hydrogen) atoms. The Bertz CT molecular complexity index is 882. The molecule has 3 rings (SSSR count). The second-order valence-corrected chi connectivity index (χ2v) is 9.49. The Labute approximate surface area is 190 Å². The van der Waals surface area contributed by atoms with E-state index in [-0.39, 0.29) is 17.6 Å². The molecular weight excluding hydrogens is 409 g/mol. The van der Waals surface area contributed by atoms with Crippen molar-refractivity contribution in [3.63, 3.8) is 0 Å². The van der Waals surface area contributed by atoms with Crippen LogP contribution in [0, 0.1) is 23.5 Å². The monoisotopic (exact) mass is 444 g/mol. The van der Waals surface area contributed by atoms with Gasteiger partial charge in [-0.1, -0.05) is 57.2 Å². The van der Waals surface area contributed by atoms with Crippen molar-refractivity contribution in [2.75, 3.05) is 7.11 Å². The van der Waals surface area contributed by atoms with Crippen LogP contribution in [0.4, 0.5) is 13.2 Å². The molecule has 1 aromatic rings. The first-order chi connectivity index (χ1) is 15.3. The van der Waals surface area contributed by atoms with Crippen LogP contribution in [0.2, 0.25) is 0 Å². The highest BCUT2D eigenvalue weighted by molar-refractivity contribution is 5.34. The van der Waals surface area contributed by atoms with Crippen LogP contribution < -0.4 is 0 Å². The summed E-state index contributed by atoms with van der Waals surface area (Å²) in [6.07, 6.45) is 12.6. The van der Waals surface area contributed by atoms with E-state index in [2.05, 4.69) is 20.1 Å². The quantitative estimate of drug-likeness (QED) is 0.302. The first kappa shape index (κ1) is 24.4. The molecular formula is C28H35F3O. The summed E-state index contributed by atoms with van der Waals surface area (Å²) in [6, 6.07) is 3.66. The first-order valence-corrected chi connectivity index (χ1v) is 11.8. The molecule has 0 N–H and O–H groups in total. The summed E-state index contributed by atoms with van der Waals surface area (Å²) in [4.78, 5) is 0. The average molecular weight is 445 g/mol.